The predicted octanol–water partition coefficient (Wildman–Crippen LogP) is 3.02. The number of carbonyl (C=O) groups is 1. The monoisotopic (exact) mass is 309 g/mol. The minimum Gasteiger partial charge on any atom is -0.463 e. The second kappa shape index (κ2) is 12.4. The molecule has 20 heavy (non-hydrogen) atoms. The number of carbonyl (C=O) groups excluding carboxylic acids is 1. The van der Waals surface area contributed by atoms with Crippen molar-refractivity contribution in [3.05, 3.63) is 0 Å². The van der Waals surface area contributed by atoms with Crippen molar-refractivity contribution in [1.82, 2.24) is 0 Å². The average molecular weight is 310 g/mol. The van der Waals surface area contributed by atoms with E-state index in [-0.39, 0.29) is 30.4 Å². The standard InChI is InChI=1S/C15H31NO3.ClH/c1-11(2)6-13(9-16)8-15(17)19-10-14(18-5)7-12(3)4;/h11-14H,6-10,16H2,1-5H3;1H/t13-,14?;/m0./s1. The van der Waals surface area contributed by atoms with E-state index in [9.17, 15) is 4.79 Å². The highest BCUT2D eigenvalue weighted by atomic mass is 35.5. The summed E-state index contributed by atoms with van der Waals surface area (Å²) >= 11 is 0. The number of rotatable bonds is 10. The molecule has 0 aromatic carbocycles. The molecule has 0 spiro atoms. The first-order valence-electron chi connectivity index (χ1n) is 7.27. The second-order valence-electron chi connectivity index (χ2n) is 6.11. The summed E-state index contributed by atoms with van der Waals surface area (Å²) in [6.07, 6.45) is 2.26. The maximum atomic E-state index is 11.8. The molecule has 0 aliphatic rings. The van der Waals surface area contributed by atoms with Crippen LogP contribution in [0.4, 0.5) is 0 Å². The van der Waals surface area contributed by atoms with Crippen molar-refractivity contribution in [3.8, 4) is 0 Å². The van der Waals surface area contributed by atoms with E-state index in [1.165, 1.54) is 0 Å². The molecule has 1 unspecified atom stereocenters. The van der Waals surface area contributed by atoms with E-state index < -0.39 is 0 Å². The first-order valence-corrected chi connectivity index (χ1v) is 7.27. The van der Waals surface area contributed by atoms with Crippen LogP contribution in [-0.2, 0) is 14.3 Å². The lowest BCUT2D eigenvalue weighted by atomic mass is 9.94. The van der Waals surface area contributed by atoms with E-state index in [0.29, 0.717) is 31.4 Å². The smallest absolute Gasteiger partial charge is 0.306 e. The maximum Gasteiger partial charge on any atom is 0.306 e. The Kier molecular flexibility index (Phi) is 13.6. The molecule has 0 aliphatic heterocycles. The lowest BCUT2D eigenvalue weighted by Gasteiger charge is -2.19. The summed E-state index contributed by atoms with van der Waals surface area (Å²) in [7, 11) is 1.66. The molecule has 0 heterocycles. The van der Waals surface area contributed by atoms with E-state index >= 15 is 0 Å². The molecule has 0 aliphatic carbocycles. The van der Waals surface area contributed by atoms with Gasteiger partial charge < -0.3 is 15.2 Å². The normalized spacial score (nSPS) is 14.0. The van der Waals surface area contributed by atoms with Crippen LogP contribution in [0.2, 0.25) is 0 Å². The van der Waals surface area contributed by atoms with Gasteiger partial charge in [0, 0.05) is 13.5 Å². The lowest BCUT2D eigenvalue weighted by molar-refractivity contribution is -0.148. The SMILES string of the molecule is COC(COC(=O)C[C@@H](CN)CC(C)C)CC(C)C.Cl. The zero-order valence-electron chi connectivity index (χ0n) is 13.6. The van der Waals surface area contributed by atoms with Gasteiger partial charge in [-0.3, -0.25) is 4.79 Å². The lowest BCUT2D eigenvalue weighted by Crippen LogP contribution is -2.25. The second-order valence-corrected chi connectivity index (χ2v) is 6.11. The highest BCUT2D eigenvalue weighted by Crippen LogP contribution is 2.15. The Morgan fingerprint density at radius 1 is 1.10 bits per heavy atom. The van der Waals surface area contributed by atoms with Crippen LogP contribution in [-0.4, -0.2) is 32.3 Å². The Balaban J connectivity index is 0. The number of esters is 1. The van der Waals surface area contributed by atoms with Crippen LogP contribution in [0.3, 0.4) is 0 Å². The van der Waals surface area contributed by atoms with Gasteiger partial charge in [0.15, 0.2) is 0 Å². The fourth-order valence-electron chi connectivity index (χ4n) is 2.17. The minimum absolute atomic E-state index is 0. The molecule has 0 radical (unpaired) electrons. The summed E-state index contributed by atoms with van der Waals surface area (Å²) in [6, 6.07) is 0. The van der Waals surface area contributed by atoms with Crippen LogP contribution in [0, 0.1) is 17.8 Å². The number of halogens is 1. The van der Waals surface area contributed by atoms with Crippen molar-refractivity contribution in [2.45, 2.75) is 53.1 Å². The highest BCUT2D eigenvalue weighted by Gasteiger charge is 2.17. The van der Waals surface area contributed by atoms with Gasteiger partial charge in [-0.2, -0.15) is 0 Å². The molecule has 0 rings (SSSR count). The molecule has 0 bridgehead atoms. The quantitative estimate of drug-likeness (QED) is 0.630. The van der Waals surface area contributed by atoms with Crippen LogP contribution in [0.5, 0.6) is 0 Å². The summed E-state index contributed by atoms with van der Waals surface area (Å²) < 4.78 is 10.6. The van der Waals surface area contributed by atoms with E-state index in [4.69, 9.17) is 15.2 Å². The highest BCUT2D eigenvalue weighted by molar-refractivity contribution is 5.85. The van der Waals surface area contributed by atoms with Crippen molar-refractivity contribution in [2.24, 2.45) is 23.5 Å². The van der Waals surface area contributed by atoms with Crippen LogP contribution >= 0.6 is 12.4 Å². The van der Waals surface area contributed by atoms with Gasteiger partial charge in [-0.1, -0.05) is 27.7 Å². The number of hydrogen-bond donors (Lipinski definition) is 1. The molecular weight excluding hydrogens is 278 g/mol. The van der Waals surface area contributed by atoms with Gasteiger partial charge in [-0.15, -0.1) is 12.4 Å². The molecule has 122 valence electrons. The Bertz CT molecular complexity index is 247. The Morgan fingerprint density at radius 2 is 1.65 bits per heavy atom. The zero-order chi connectivity index (χ0) is 14.8. The Morgan fingerprint density at radius 3 is 2.05 bits per heavy atom. The van der Waals surface area contributed by atoms with Crippen molar-refractivity contribution < 1.29 is 14.3 Å². The van der Waals surface area contributed by atoms with E-state index in [2.05, 4.69) is 27.7 Å². The minimum atomic E-state index is -0.165. The van der Waals surface area contributed by atoms with Crippen LogP contribution < -0.4 is 5.73 Å². The summed E-state index contributed by atoms with van der Waals surface area (Å²) in [6.45, 7) is 9.40. The van der Waals surface area contributed by atoms with Crippen molar-refractivity contribution in [1.29, 1.82) is 0 Å². The van der Waals surface area contributed by atoms with Gasteiger partial charge in [0.1, 0.15) is 6.61 Å². The van der Waals surface area contributed by atoms with Crippen molar-refractivity contribution in [3.63, 3.8) is 0 Å². The third-order valence-electron chi connectivity index (χ3n) is 3.09. The van der Waals surface area contributed by atoms with Crippen LogP contribution in [0.15, 0.2) is 0 Å². The number of ether oxygens (including phenoxy) is 2. The molecule has 0 saturated heterocycles. The zero-order valence-corrected chi connectivity index (χ0v) is 14.4. The van der Waals surface area contributed by atoms with Gasteiger partial charge >= 0.3 is 5.97 Å². The first kappa shape index (κ1) is 22.0. The fourth-order valence-corrected chi connectivity index (χ4v) is 2.17. The van der Waals surface area contributed by atoms with Gasteiger partial charge in [-0.05, 0) is 37.1 Å². The number of nitrogens with two attached hydrogens (primary N) is 1. The predicted molar refractivity (Wildman–Crippen MR) is 85.1 cm³/mol. The van der Waals surface area contributed by atoms with Crippen molar-refractivity contribution >= 4 is 18.4 Å². The summed E-state index contributed by atoms with van der Waals surface area (Å²) in [4.78, 5) is 11.8. The van der Waals surface area contributed by atoms with Gasteiger partial charge in [-0.25, -0.2) is 0 Å². The Hall–Kier alpha value is -0.320. The van der Waals surface area contributed by atoms with Gasteiger partial charge in [0.05, 0.1) is 6.10 Å². The molecule has 2 N–H and O–H groups in total. The summed E-state index contributed by atoms with van der Waals surface area (Å²) in [5.74, 6) is 1.14. The van der Waals surface area contributed by atoms with Gasteiger partial charge in [0.25, 0.3) is 0 Å². The van der Waals surface area contributed by atoms with Crippen molar-refractivity contribution in [2.75, 3.05) is 20.3 Å². The third-order valence-corrected chi connectivity index (χ3v) is 3.09. The number of hydrogen-bond acceptors (Lipinski definition) is 4. The Labute approximate surface area is 130 Å². The largest absolute Gasteiger partial charge is 0.463 e. The molecule has 0 aromatic heterocycles. The topological polar surface area (TPSA) is 61.5 Å². The first-order chi connectivity index (χ1) is 8.88. The van der Waals surface area contributed by atoms with E-state index in [1.807, 2.05) is 0 Å². The third kappa shape index (κ3) is 11.5. The maximum absolute atomic E-state index is 11.8. The molecule has 0 aromatic rings. The average Bonchev–Trinajstić information content (AvgIpc) is 2.32. The van der Waals surface area contributed by atoms with Crippen LogP contribution in [0.25, 0.3) is 0 Å². The van der Waals surface area contributed by atoms with Crippen LogP contribution in [0.1, 0.15) is 47.0 Å². The van der Waals surface area contributed by atoms with E-state index in [1.54, 1.807) is 7.11 Å². The molecule has 4 nitrogen and oxygen atoms in total. The van der Waals surface area contributed by atoms with E-state index in [0.717, 1.165) is 12.8 Å². The number of methoxy groups -OCH3 is 1. The molecular formula is C15H32ClNO3. The molecule has 5 heteroatoms. The summed E-state index contributed by atoms with van der Waals surface area (Å²) in [5.41, 5.74) is 5.68. The molecule has 0 saturated carbocycles. The molecule has 0 amide bonds. The molecule has 2 atom stereocenters. The fraction of sp³-hybridized carbons (Fsp3) is 0.933. The summed E-state index contributed by atoms with van der Waals surface area (Å²) in [5, 5.41) is 0. The molecule has 0 fully saturated rings. The van der Waals surface area contributed by atoms with Gasteiger partial charge in [0.2, 0.25) is 0 Å².